The Morgan fingerprint density at radius 2 is 2.00 bits per heavy atom. The van der Waals surface area contributed by atoms with E-state index in [4.69, 9.17) is 19.3 Å². The highest BCUT2D eigenvalue weighted by Crippen LogP contribution is 2.37. The lowest BCUT2D eigenvalue weighted by Crippen LogP contribution is -2.56. The largest absolute Gasteiger partial charge is 0.493 e. The maximum atomic E-state index is 13.2. The molecule has 208 valence electrons. The summed E-state index contributed by atoms with van der Waals surface area (Å²) in [6, 6.07) is 2.67. The molecule has 0 heterocycles. The molecule has 1 aromatic carbocycles. The lowest BCUT2D eigenvalue weighted by Gasteiger charge is -2.41. The number of ether oxygens (including phenoxy) is 3. The zero-order valence-corrected chi connectivity index (χ0v) is 24.1. The van der Waals surface area contributed by atoms with Gasteiger partial charge in [-0.1, -0.05) is 13.8 Å². The van der Waals surface area contributed by atoms with Crippen LogP contribution in [-0.2, 0) is 20.9 Å². The number of methoxy groups -OCH3 is 1. The Morgan fingerprint density at radius 1 is 1.27 bits per heavy atom. The highest BCUT2D eigenvalue weighted by atomic mass is 127. The van der Waals surface area contributed by atoms with Gasteiger partial charge in [-0.05, 0) is 59.7 Å². The maximum Gasteiger partial charge on any atom is 0.247 e. The molecule has 1 aliphatic rings. The van der Waals surface area contributed by atoms with Crippen LogP contribution in [0.5, 0.6) is 11.5 Å². The summed E-state index contributed by atoms with van der Waals surface area (Å²) in [7, 11) is 1.48. The first-order valence-electron chi connectivity index (χ1n) is 12.5. The fourth-order valence-electron chi connectivity index (χ4n) is 4.15. The van der Waals surface area contributed by atoms with Gasteiger partial charge in [0.05, 0.1) is 29.9 Å². The van der Waals surface area contributed by atoms with Gasteiger partial charge < -0.3 is 39.7 Å². The number of halogens is 1. The molecule has 2 amide bonds. The summed E-state index contributed by atoms with van der Waals surface area (Å²) in [6.45, 7) is 6.55. The molecular weight excluding hydrogens is 595 g/mol. The van der Waals surface area contributed by atoms with Crippen molar-refractivity contribution in [3.8, 4) is 11.5 Å². The van der Waals surface area contributed by atoms with Gasteiger partial charge in [0.15, 0.2) is 11.5 Å². The van der Waals surface area contributed by atoms with E-state index in [1.165, 1.54) is 7.11 Å². The number of carbonyl (C=O) groups is 2. The highest BCUT2D eigenvalue weighted by Gasteiger charge is 2.41. The van der Waals surface area contributed by atoms with Crippen molar-refractivity contribution in [2.24, 2.45) is 5.92 Å². The summed E-state index contributed by atoms with van der Waals surface area (Å²) in [5.74, 6) is -0.131. The molecule has 0 radical (unpaired) electrons. The molecule has 0 aliphatic heterocycles. The quantitative estimate of drug-likeness (QED) is 0.179. The van der Waals surface area contributed by atoms with Crippen molar-refractivity contribution in [1.82, 2.24) is 10.2 Å². The third-order valence-electron chi connectivity index (χ3n) is 6.01. The lowest BCUT2D eigenvalue weighted by molar-refractivity contribution is -0.142. The van der Waals surface area contributed by atoms with E-state index in [9.17, 15) is 19.8 Å². The van der Waals surface area contributed by atoms with Gasteiger partial charge in [-0.15, -0.1) is 0 Å². The smallest absolute Gasteiger partial charge is 0.247 e. The molecule has 2 rings (SSSR count). The van der Waals surface area contributed by atoms with Crippen LogP contribution in [0.1, 0.15) is 39.2 Å². The Labute approximate surface area is 232 Å². The van der Waals surface area contributed by atoms with Crippen molar-refractivity contribution >= 4 is 34.4 Å². The normalized spacial score (nSPS) is 19.4. The van der Waals surface area contributed by atoms with Crippen LogP contribution in [-0.4, -0.2) is 90.3 Å². The van der Waals surface area contributed by atoms with Crippen LogP contribution in [0.2, 0.25) is 0 Å². The van der Waals surface area contributed by atoms with Crippen molar-refractivity contribution < 1.29 is 39.1 Å². The van der Waals surface area contributed by atoms with Crippen LogP contribution in [0.4, 0.5) is 0 Å². The summed E-state index contributed by atoms with van der Waals surface area (Å²) in [5.41, 5.74) is 0.986. The van der Waals surface area contributed by atoms with E-state index in [0.717, 1.165) is 0 Å². The molecule has 0 aromatic heterocycles. The average Bonchev–Trinajstić information content (AvgIpc) is 2.89. The van der Waals surface area contributed by atoms with Gasteiger partial charge >= 0.3 is 0 Å². The minimum absolute atomic E-state index is 0.0757. The monoisotopic (exact) mass is 634 g/mol. The molecule has 1 aliphatic carbocycles. The SMILES string of the molecule is CCOCCCN(C(=O)C(C)C)C1CC(C(=O)NCCO)=CC(Oc2c(I)cc(CO)cc2OC)C1O. The zero-order valence-electron chi connectivity index (χ0n) is 21.9. The number of nitrogens with zero attached hydrogens (tertiary/aromatic N) is 1. The number of aliphatic hydroxyl groups is 3. The molecule has 10 nitrogen and oxygen atoms in total. The number of hydrogen-bond donors (Lipinski definition) is 4. The maximum absolute atomic E-state index is 13.2. The number of aliphatic hydroxyl groups excluding tert-OH is 3. The van der Waals surface area contributed by atoms with Crippen LogP contribution in [0, 0.1) is 9.49 Å². The Hall–Kier alpha value is -1.93. The van der Waals surface area contributed by atoms with E-state index in [1.54, 1.807) is 37.0 Å². The van der Waals surface area contributed by atoms with Crippen molar-refractivity contribution in [3.63, 3.8) is 0 Å². The van der Waals surface area contributed by atoms with Crippen molar-refractivity contribution in [1.29, 1.82) is 0 Å². The molecule has 37 heavy (non-hydrogen) atoms. The van der Waals surface area contributed by atoms with Gasteiger partial charge in [-0.25, -0.2) is 0 Å². The molecule has 4 N–H and O–H groups in total. The van der Waals surface area contributed by atoms with E-state index < -0.39 is 24.2 Å². The highest BCUT2D eigenvalue weighted by molar-refractivity contribution is 14.1. The topological polar surface area (TPSA) is 138 Å². The van der Waals surface area contributed by atoms with Gasteiger partial charge in [0.25, 0.3) is 0 Å². The van der Waals surface area contributed by atoms with E-state index in [1.807, 2.05) is 6.92 Å². The molecule has 0 bridgehead atoms. The molecule has 0 fully saturated rings. The summed E-state index contributed by atoms with van der Waals surface area (Å²) in [5, 5.41) is 32.8. The second-order valence-electron chi connectivity index (χ2n) is 9.02. The minimum atomic E-state index is -1.14. The predicted octanol–water partition coefficient (Wildman–Crippen LogP) is 1.62. The fourth-order valence-corrected chi connectivity index (χ4v) is 4.94. The second kappa shape index (κ2) is 15.5. The number of amides is 2. The molecule has 1 aromatic rings. The van der Waals surface area contributed by atoms with Crippen LogP contribution in [0.3, 0.4) is 0 Å². The van der Waals surface area contributed by atoms with Gasteiger partial charge in [-0.2, -0.15) is 0 Å². The van der Waals surface area contributed by atoms with Gasteiger partial charge in [-0.3, -0.25) is 9.59 Å². The molecule has 3 unspecified atom stereocenters. The fraction of sp³-hybridized carbons (Fsp3) is 0.615. The average molecular weight is 635 g/mol. The van der Waals surface area contributed by atoms with Crippen molar-refractivity contribution in [3.05, 3.63) is 32.9 Å². The first kappa shape index (κ1) is 31.3. The Bertz CT molecular complexity index is 939. The molecule has 0 spiro atoms. The standard InChI is InChI=1S/C26H39IN2O8/c1-5-36-10-6-8-29(26(34)16(2)3)20-13-18(25(33)28-7-9-30)14-21(23(20)32)37-24-19(27)11-17(15-31)12-22(24)35-4/h11-12,14,16,20-21,23,30-32H,5-10,13,15H2,1-4H3,(H,28,33). The van der Waals surface area contributed by atoms with Gasteiger partial charge in [0.2, 0.25) is 11.8 Å². The van der Waals surface area contributed by atoms with Gasteiger partial charge in [0, 0.05) is 44.2 Å². The third kappa shape index (κ3) is 8.54. The number of rotatable bonds is 14. The Morgan fingerprint density at radius 3 is 2.59 bits per heavy atom. The summed E-state index contributed by atoms with van der Waals surface area (Å²) in [6.07, 6.45) is 0.156. The number of carbonyl (C=O) groups excluding carboxylic acids is 2. The Balaban J connectivity index is 2.47. The molecular formula is C26H39IN2O8. The lowest BCUT2D eigenvalue weighted by atomic mass is 9.87. The Kier molecular flexibility index (Phi) is 13.1. The third-order valence-corrected chi connectivity index (χ3v) is 6.81. The number of hydrogen-bond acceptors (Lipinski definition) is 8. The molecule has 3 atom stereocenters. The predicted molar refractivity (Wildman–Crippen MR) is 146 cm³/mol. The van der Waals surface area contributed by atoms with Gasteiger partial charge in [0.1, 0.15) is 12.2 Å². The zero-order chi connectivity index (χ0) is 27.5. The van der Waals surface area contributed by atoms with Crippen LogP contribution in [0.15, 0.2) is 23.8 Å². The molecule has 0 saturated carbocycles. The first-order chi connectivity index (χ1) is 17.7. The van der Waals surface area contributed by atoms with E-state index in [0.29, 0.717) is 52.4 Å². The molecule has 11 heteroatoms. The summed E-state index contributed by atoms with van der Waals surface area (Å²) < 4.78 is 17.8. The van der Waals surface area contributed by atoms with Crippen molar-refractivity contribution in [2.45, 2.75) is 58.5 Å². The molecule has 0 saturated heterocycles. The van der Waals surface area contributed by atoms with Crippen molar-refractivity contribution in [2.75, 3.05) is 40.0 Å². The number of nitrogens with one attached hydrogen (secondary N) is 1. The van der Waals surface area contributed by atoms with Crippen LogP contribution < -0.4 is 14.8 Å². The summed E-state index contributed by atoms with van der Waals surface area (Å²) >= 11 is 2.06. The first-order valence-corrected chi connectivity index (χ1v) is 13.6. The van der Waals surface area contributed by atoms with Crippen LogP contribution in [0.25, 0.3) is 0 Å². The summed E-state index contributed by atoms with van der Waals surface area (Å²) in [4.78, 5) is 27.7. The van der Waals surface area contributed by atoms with E-state index in [2.05, 4.69) is 27.9 Å². The number of benzene rings is 1. The minimum Gasteiger partial charge on any atom is -0.493 e. The van der Waals surface area contributed by atoms with Crippen LogP contribution >= 0.6 is 22.6 Å². The van der Waals surface area contributed by atoms with E-state index >= 15 is 0 Å². The van der Waals surface area contributed by atoms with E-state index in [-0.39, 0.29) is 38.0 Å². The second-order valence-corrected chi connectivity index (χ2v) is 10.2.